The fourth-order valence-electron chi connectivity index (χ4n) is 6.53. The Morgan fingerprint density at radius 2 is 1.76 bits per heavy atom. The average Bonchev–Trinajstić information content (AvgIpc) is 4.01. The molecule has 10 nitrogen and oxygen atoms in total. The van der Waals surface area contributed by atoms with Crippen LogP contribution in [0.3, 0.4) is 0 Å². The van der Waals surface area contributed by atoms with Crippen molar-refractivity contribution >= 4 is 34.2 Å². The molecule has 0 spiro atoms. The van der Waals surface area contributed by atoms with E-state index in [1.807, 2.05) is 25.1 Å². The summed E-state index contributed by atoms with van der Waals surface area (Å²) in [6.45, 7) is 4.74. The Labute approximate surface area is 269 Å². The fraction of sp³-hybridized carbons (Fsp3) is 0.389. The van der Waals surface area contributed by atoms with E-state index in [4.69, 9.17) is 16.6 Å². The SMILES string of the molecule is CCn1c(=O)c(-c2ccc(C(=CC(N)=NC3CC3)NN)cc2C2CC2)cc2cnc(Nc3ccc(C4CCN(C)CC4)cc3)nc21. The van der Waals surface area contributed by atoms with Crippen LogP contribution in [0.4, 0.5) is 11.6 Å². The summed E-state index contributed by atoms with van der Waals surface area (Å²) in [5.41, 5.74) is 16.2. The fourth-order valence-corrected chi connectivity index (χ4v) is 6.53. The zero-order valence-electron chi connectivity index (χ0n) is 26.7. The number of aliphatic imine (C=N–C) groups is 1. The van der Waals surface area contributed by atoms with E-state index < -0.39 is 0 Å². The average molecular weight is 618 g/mol. The van der Waals surface area contributed by atoms with Gasteiger partial charge in [-0.15, -0.1) is 0 Å². The summed E-state index contributed by atoms with van der Waals surface area (Å²) in [5.74, 6) is 7.84. The first-order valence-electron chi connectivity index (χ1n) is 16.5. The van der Waals surface area contributed by atoms with Crippen molar-refractivity contribution in [1.82, 2.24) is 24.9 Å². The number of hydrogen-bond acceptors (Lipinski definition) is 8. The van der Waals surface area contributed by atoms with Gasteiger partial charge in [-0.2, -0.15) is 4.98 Å². The van der Waals surface area contributed by atoms with Crippen molar-refractivity contribution in [3.63, 3.8) is 0 Å². The van der Waals surface area contributed by atoms with E-state index in [-0.39, 0.29) is 5.56 Å². The number of nitrogens with zero attached hydrogens (tertiary/aromatic N) is 5. The normalized spacial score (nSPS) is 18.2. The third-order valence-electron chi connectivity index (χ3n) is 9.50. The molecule has 1 aliphatic heterocycles. The second-order valence-corrected chi connectivity index (χ2v) is 13.0. The number of hydrogen-bond donors (Lipinski definition) is 4. The molecule has 3 aliphatic rings. The van der Waals surface area contributed by atoms with Crippen LogP contribution in [0, 0.1) is 0 Å². The molecule has 10 heteroatoms. The van der Waals surface area contributed by atoms with E-state index in [2.05, 4.69) is 63.0 Å². The summed E-state index contributed by atoms with van der Waals surface area (Å²) >= 11 is 0. The number of aromatic nitrogens is 3. The molecule has 2 aromatic heterocycles. The summed E-state index contributed by atoms with van der Waals surface area (Å²) < 4.78 is 1.74. The Bertz CT molecular complexity index is 1860. The number of rotatable bonds is 10. The number of nitrogens with two attached hydrogens (primary N) is 2. The molecule has 0 bridgehead atoms. The third kappa shape index (κ3) is 6.41. The topological polar surface area (TPSA) is 139 Å². The van der Waals surface area contributed by atoms with Crippen molar-refractivity contribution in [1.29, 1.82) is 0 Å². The lowest BCUT2D eigenvalue weighted by Crippen LogP contribution is -2.29. The molecule has 6 N–H and O–H groups in total. The highest BCUT2D eigenvalue weighted by molar-refractivity contribution is 5.98. The van der Waals surface area contributed by atoms with Crippen LogP contribution in [0.25, 0.3) is 27.9 Å². The number of piperidine rings is 1. The van der Waals surface area contributed by atoms with E-state index in [1.54, 1.807) is 16.8 Å². The van der Waals surface area contributed by atoms with Crippen molar-refractivity contribution < 1.29 is 0 Å². The van der Waals surface area contributed by atoms with Gasteiger partial charge in [-0.25, -0.2) is 4.98 Å². The zero-order chi connectivity index (χ0) is 31.8. The van der Waals surface area contributed by atoms with E-state index in [0.717, 1.165) is 66.5 Å². The van der Waals surface area contributed by atoms with Crippen molar-refractivity contribution in [3.8, 4) is 11.1 Å². The first-order valence-corrected chi connectivity index (χ1v) is 16.5. The molecule has 3 heterocycles. The summed E-state index contributed by atoms with van der Waals surface area (Å²) in [6, 6.07) is 17.0. The highest BCUT2D eigenvalue weighted by Crippen LogP contribution is 2.45. The Morgan fingerprint density at radius 3 is 2.43 bits per heavy atom. The van der Waals surface area contributed by atoms with Crippen LogP contribution in [0.1, 0.15) is 74.0 Å². The third-order valence-corrected chi connectivity index (χ3v) is 9.50. The molecule has 0 unspecified atom stereocenters. The van der Waals surface area contributed by atoms with Crippen LogP contribution >= 0.6 is 0 Å². The van der Waals surface area contributed by atoms with Crippen molar-refractivity contribution in [3.05, 3.63) is 87.8 Å². The molecule has 0 radical (unpaired) electrons. The van der Waals surface area contributed by atoms with Crippen molar-refractivity contribution in [2.45, 2.75) is 69.9 Å². The molecule has 0 amide bonds. The highest BCUT2D eigenvalue weighted by atomic mass is 16.1. The van der Waals surface area contributed by atoms with Crippen LogP contribution in [-0.2, 0) is 6.54 Å². The first kappa shape index (κ1) is 30.1. The number of hydrazine groups is 1. The molecule has 3 fully saturated rings. The minimum Gasteiger partial charge on any atom is -0.384 e. The van der Waals surface area contributed by atoms with Crippen molar-refractivity contribution in [2.75, 3.05) is 25.5 Å². The maximum absolute atomic E-state index is 14.0. The number of pyridine rings is 1. The largest absolute Gasteiger partial charge is 0.384 e. The van der Waals surface area contributed by atoms with E-state index in [0.29, 0.717) is 53.1 Å². The number of fused-ring (bicyclic) bond motifs is 1. The van der Waals surface area contributed by atoms with Crippen LogP contribution in [0.5, 0.6) is 0 Å². The number of benzene rings is 2. The minimum absolute atomic E-state index is 0.0645. The first-order chi connectivity index (χ1) is 22.4. The standard InChI is InChI=1S/C36H43N9O/c1-3-45-34-26(21-39-36(42-34)41-28-9-6-22(7-10-28)23-14-16-44(2)17-15-23)19-31(35(45)46)29-13-8-25(18-30(29)24-4-5-24)32(43-38)20-33(37)40-27-11-12-27/h6-10,13,18-21,23-24,27,43H,3-5,11-12,14-17,38H2,1-2H3,(H2,37,40)(H,39,41,42). The lowest BCUT2D eigenvalue weighted by atomic mass is 9.89. The molecule has 2 aliphatic carbocycles. The predicted octanol–water partition coefficient (Wildman–Crippen LogP) is 5.23. The molecule has 46 heavy (non-hydrogen) atoms. The molecule has 2 saturated carbocycles. The van der Waals surface area contributed by atoms with E-state index in [9.17, 15) is 4.79 Å². The molecule has 7 rings (SSSR count). The molecule has 2 aromatic carbocycles. The van der Waals surface area contributed by atoms with Crippen LogP contribution in [0.15, 0.2) is 70.6 Å². The smallest absolute Gasteiger partial charge is 0.260 e. The van der Waals surface area contributed by atoms with Gasteiger partial charge in [0.2, 0.25) is 5.95 Å². The summed E-state index contributed by atoms with van der Waals surface area (Å²) in [7, 11) is 2.19. The molecule has 1 saturated heterocycles. The predicted molar refractivity (Wildman–Crippen MR) is 186 cm³/mol. The lowest BCUT2D eigenvalue weighted by Gasteiger charge is -2.29. The van der Waals surface area contributed by atoms with Crippen LogP contribution < -0.4 is 27.9 Å². The Morgan fingerprint density at radius 1 is 1.00 bits per heavy atom. The number of anilines is 2. The van der Waals surface area contributed by atoms with E-state index in [1.165, 1.54) is 18.4 Å². The summed E-state index contributed by atoms with van der Waals surface area (Å²) in [6.07, 6.45) is 10.3. The molecule has 0 atom stereocenters. The van der Waals surface area contributed by atoms with Gasteiger partial charge in [0.05, 0.1) is 11.7 Å². The number of likely N-dealkylation sites (tertiary alicyclic amines) is 1. The maximum Gasteiger partial charge on any atom is 0.260 e. The van der Waals surface area contributed by atoms with Gasteiger partial charge in [0.25, 0.3) is 5.56 Å². The van der Waals surface area contributed by atoms with Gasteiger partial charge in [0.1, 0.15) is 11.5 Å². The quantitative estimate of drug-likeness (QED) is 0.0821. The Hall–Kier alpha value is -4.54. The van der Waals surface area contributed by atoms with E-state index >= 15 is 0 Å². The summed E-state index contributed by atoms with van der Waals surface area (Å²) in [4.78, 5) is 30.4. The van der Waals surface area contributed by atoms with Crippen LogP contribution in [-0.4, -0.2) is 51.4 Å². The molecule has 4 aromatic rings. The molecular weight excluding hydrogens is 574 g/mol. The van der Waals surface area contributed by atoms with Gasteiger partial charge in [0, 0.05) is 35.5 Å². The minimum atomic E-state index is -0.0645. The lowest BCUT2D eigenvalue weighted by molar-refractivity contribution is 0.255. The second kappa shape index (κ2) is 12.7. The Kier molecular flexibility index (Phi) is 8.31. The second-order valence-electron chi connectivity index (χ2n) is 13.0. The van der Waals surface area contributed by atoms with Gasteiger partial charge in [-0.3, -0.25) is 20.2 Å². The summed E-state index contributed by atoms with van der Waals surface area (Å²) in [5, 5.41) is 4.17. The van der Waals surface area contributed by atoms with Gasteiger partial charge < -0.3 is 21.4 Å². The highest BCUT2D eigenvalue weighted by Gasteiger charge is 2.28. The number of nitrogens with one attached hydrogen (secondary N) is 2. The molecule has 238 valence electrons. The van der Waals surface area contributed by atoms with Gasteiger partial charge >= 0.3 is 0 Å². The zero-order valence-corrected chi connectivity index (χ0v) is 26.7. The maximum atomic E-state index is 14.0. The molecular formula is C36H43N9O. The number of amidine groups is 1. The van der Waals surface area contributed by atoms with Crippen LogP contribution in [0.2, 0.25) is 0 Å². The monoisotopic (exact) mass is 617 g/mol. The van der Waals surface area contributed by atoms with Gasteiger partial charge in [-0.1, -0.05) is 24.3 Å². The number of aryl methyl sites for hydroxylation is 1. The van der Waals surface area contributed by atoms with Gasteiger partial charge in [0.15, 0.2) is 0 Å². The Balaban J connectivity index is 1.18. The van der Waals surface area contributed by atoms with Gasteiger partial charge in [-0.05, 0) is 124 Å². The van der Waals surface area contributed by atoms with Crippen molar-refractivity contribution in [2.24, 2.45) is 16.6 Å².